The van der Waals surface area contributed by atoms with Gasteiger partial charge in [-0.25, -0.2) is 4.68 Å². The summed E-state index contributed by atoms with van der Waals surface area (Å²) in [5.74, 6) is 0.0847. The zero-order valence-electron chi connectivity index (χ0n) is 14.9. The van der Waals surface area contributed by atoms with Crippen molar-refractivity contribution in [2.24, 2.45) is 5.92 Å². The number of nitrogens with zero attached hydrogens (tertiary/aromatic N) is 3. The second-order valence-corrected chi connectivity index (χ2v) is 6.90. The monoisotopic (exact) mass is 340 g/mol. The molecule has 2 N–H and O–H groups in total. The summed E-state index contributed by atoms with van der Waals surface area (Å²) in [5, 5.41) is 4.28. The van der Waals surface area contributed by atoms with Crippen LogP contribution in [-0.4, -0.2) is 39.0 Å². The average Bonchev–Trinajstić information content (AvgIpc) is 3.21. The van der Waals surface area contributed by atoms with Crippen LogP contribution in [0.15, 0.2) is 30.5 Å². The van der Waals surface area contributed by atoms with E-state index in [1.165, 1.54) is 6.20 Å². The normalized spacial score (nSPS) is 17.3. The van der Waals surface area contributed by atoms with Crippen molar-refractivity contribution in [3.8, 4) is 5.69 Å². The zero-order chi connectivity index (χ0) is 18.1. The van der Waals surface area contributed by atoms with Gasteiger partial charge >= 0.3 is 0 Å². The van der Waals surface area contributed by atoms with E-state index in [0.29, 0.717) is 24.3 Å². The minimum atomic E-state index is -0.437. The summed E-state index contributed by atoms with van der Waals surface area (Å²) in [5.41, 5.74) is 8.53. The quantitative estimate of drug-likeness (QED) is 0.868. The third kappa shape index (κ3) is 3.16. The minimum Gasteiger partial charge on any atom is -0.383 e. The van der Waals surface area contributed by atoms with Crippen LogP contribution in [0.25, 0.3) is 5.69 Å². The lowest BCUT2D eigenvalue weighted by Gasteiger charge is -2.25. The predicted octanol–water partition coefficient (Wildman–Crippen LogP) is 2.59. The summed E-state index contributed by atoms with van der Waals surface area (Å²) in [6.07, 6.45) is 3.02. The van der Waals surface area contributed by atoms with E-state index in [1.54, 1.807) is 9.58 Å². The lowest BCUT2D eigenvalue weighted by molar-refractivity contribution is -0.134. The van der Waals surface area contributed by atoms with Crippen molar-refractivity contribution >= 4 is 17.5 Å². The van der Waals surface area contributed by atoms with Gasteiger partial charge in [0, 0.05) is 12.5 Å². The van der Waals surface area contributed by atoms with Gasteiger partial charge in [0.25, 0.3) is 0 Å². The fraction of sp³-hybridized carbons (Fsp3) is 0.421. The van der Waals surface area contributed by atoms with Crippen molar-refractivity contribution in [1.82, 2.24) is 14.7 Å². The van der Waals surface area contributed by atoms with E-state index in [1.807, 2.05) is 45.0 Å². The van der Waals surface area contributed by atoms with Gasteiger partial charge in [-0.1, -0.05) is 31.5 Å². The molecule has 1 saturated heterocycles. The number of rotatable bonds is 4. The van der Waals surface area contributed by atoms with Crippen LogP contribution in [0.3, 0.4) is 0 Å². The Morgan fingerprint density at radius 3 is 2.56 bits per heavy atom. The highest BCUT2D eigenvalue weighted by atomic mass is 16.2. The summed E-state index contributed by atoms with van der Waals surface area (Å²) in [6, 6.07) is 7.33. The Balaban J connectivity index is 1.88. The molecule has 1 fully saturated rings. The Kier molecular flexibility index (Phi) is 4.61. The number of anilines is 1. The summed E-state index contributed by atoms with van der Waals surface area (Å²) in [4.78, 5) is 27.0. The molecule has 1 aromatic carbocycles. The van der Waals surface area contributed by atoms with Crippen molar-refractivity contribution < 1.29 is 9.59 Å². The number of hydrogen-bond acceptors (Lipinski definition) is 4. The first kappa shape index (κ1) is 17.2. The van der Waals surface area contributed by atoms with E-state index in [2.05, 4.69) is 5.10 Å². The van der Waals surface area contributed by atoms with Gasteiger partial charge in [0.2, 0.25) is 5.91 Å². The molecular formula is C19H24N4O2. The molecule has 0 radical (unpaired) electrons. The maximum absolute atomic E-state index is 13.0. The number of nitrogen functional groups attached to an aromatic ring is 1. The molecule has 0 spiro atoms. The van der Waals surface area contributed by atoms with E-state index in [9.17, 15) is 9.59 Å². The topological polar surface area (TPSA) is 81.2 Å². The van der Waals surface area contributed by atoms with Gasteiger partial charge in [0.05, 0.1) is 23.5 Å². The van der Waals surface area contributed by atoms with E-state index >= 15 is 0 Å². The van der Waals surface area contributed by atoms with Crippen LogP contribution in [0.2, 0.25) is 0 Å². The molecule has 1 atom stereocenters. The summed E-state index contributed by atoms with van der Waals surface area (Å²) >= 11 is 0. The number of hydrogen-bond donors (Lipinski definition) is 1. The highest BCUT2D eigenvalue weighted by Gasteiger charge is 2.36. The first-order chi connectivity index (χ1) is 11.9. The highest BCUT2D eigenvalue weighted by molar-refractivity contribution is 6.05. The number of ketones is 1. The van der Waals surface area contributed by atoms with Crippen LogP contribution in [0.1, 0.15) is 42.6 Å². The molecular weight excluding hydrogens is 316 g/mol. The van der Waals surface area contributed by atoms with Gasteiger partial charge < -0.3 is 10.6 Å². The SMILES string of the molecule is Cc1ccc(-n2ncc(C(=O)[C@H]3CCCN3C(=O)C(C)C)c2N)cc1. The number of amides is 1. The largest absolute Gasteiger partial charge is 0.383 e. The van der Waals surface area contributed by atoms with Crippen molar-refractivity contribution in [2.45, 2.75) is 39.7 Å². The number of Topliss-reactive ketones (excluding diaryl/α,β-unsaturated/α-hetero) is 1. The Hall–Kier alpha value is -2.63. The van der Waals surface area contributed by atoms with Crippen molar-refractivity contribution in [3.05, 3.63) is 41.6 Å². The molecule has 2 aromatic rings. The number of likely N-dealkylation sites (tertiary alicyclic amines) is 1. The summed E-state index contributed by atoms with van der Waals surface area (Å²) in [7, 11) is 0. The van der Waals surface area contributed by atoms with Crippen molar-refractivity contribution in [3.63, 3.8) is 0 Å². The fourth-order valence-electron chi connectivity index (χ4n) is 3.25. The zero-order valence-corrected chi connectivity index (χ0v) is 14.9. The molecule has 1 amide bonds. The molecule has 1 aromatic heterocycles. The van der Waals surface area contributed by atoms with Gasteiger partial charge in [-0.15, -0.1) is 0 Å². The van der Waals surface area contributed by atoms with Crippen LogP contribution in [0.5, 0.6) is 0 Å². The molecule has 0 bridgehead atoms. The van der Waals surface area contributed by atoms with E-state index in [4.69, 9.17) is 5.73 Å². The molecule has 132 valence electrons. The van der Waals surface area contributed by atoms with Gasteiger partial charge in [0.15, 0.2) is 5.78 Å². The van der Waals surface area contributed by atoms with Crippen LogP contribution in [0, 0.1) is 12.8 Å². The predicted molar refractivity (Wildman–Crippen MR) is 96.6 cm³/mol. The van der Waals surface area contributed by atoms with Gasteiger partial charge in [-0.2, -0.15) is 5.10 Å². The van der Waals surface area contributed by atoms with Crippen molar-refractivity contribution in [2.75, 3.05) is 12.3 Å². The second-order valence-electron chi connectivity index (χ2n) is 6.90. The number of aryl methyl sites for hydroxylation is 1. The minimum absolute atomic E-state index is 0.0142. The average molecular weight is 340 g/mol. The van der Waals surface area contributed by atoms with Crippen LogP contribution >= 0.6 is 0 Å². The Bertz CT molecular complexity index is 792. The molecule has 6 heteroatoms. The smallest absolute Gasteiger partial charge is 0.225 e. The number of aromatic nitrogens is 2. The molecule has 0 unspecified atom stereocenters. The highest BCUT2D eigenvalue weighted by Crippen LogP contribution is 2.26. The first-order valence-corrected chi connectivity index (χ1v) is 8.65. The molecule has 0 saturated carbocycles. The van der Waals surface area contributed by atoms with Gasteiger partial charge in [-0.3, -0.25) is 9.59 Å². The Morgan fingerprint density at radius 1 is 1.24 bits per heavy atom. The second kappa shape index (κ2) is 6.70. The Labute approximate surface area is 147 Å². The fourth-order valence-corrected chi connectivity index (χ4v) is 3.25. The molecule has 2 heterocycles. The number of carbonyl (C=O) groups excluding carboxylic acids is 2. The van der Waals surface area contributed by atoms with E-state index in [0.717, 1.165) is 17.7 Å². The maximum Gasteiger partial charge on any atom is 0.225 e. The van der Waals surface area contributed by atoms with Crippen LogP contribution in [-0.2, 0) is 4.79 Å². The van der Waals surface area contributed by atoms with E-state index < -0.39 is 6.04 Å². The molecule has 0 aliphatic carbocycles. The summed E-state index contributed by atoms with van der Waals surface area (Å²) < 4.78 is 1.57. The molecule has 1 aliphatic rings. The molecule has 1 aliphatic heterocycles. The van der Waals surface area contributed by atoms with Crippen LogP contribution < -0.4 is 5.73 Å². The lowest BCUT2D eigenvalue weighted by atomic mass is 10.0. The molecule has 3 rings (SSSR count). The van der Waals surface area contributed by atoms with Crippen LogP contribution in [0.4, 0.5) is 5.82 Å². The first-order valence-electron chi connectivity index (χ1n) is 8.65. The molecule has 25 heavy (non-hydrogen) atoms. The number of benzene rings is 1. The standard InChI is InChI=1S/C19H24N4O2/c1-12(2)19(25)22-10-4-5-16(22)17(24)15-11-21-23(18(15)20)14-8-6-13(3)7-9-14/h6-9,11-12,16H,4-5,10,20H2,1-3H3/t16-/m1/s1. The van der Waals surface area contributed by atoms with E-state index in [-0.39, 0.29) is 17.6 Å². The Morgan fingerprint density at radius 2 is 1.92 bits per heavy atom. The molecule has 6 nitrogen and oxygen atoms in total. The number of carbonyl (C=O) groups is 2. The maximum atomic E-state index is 13.0. The van der Waals surface area contributed by atoms with Crippen molar-refractivity contribution in [1.29, 1.82) is 0 Å². The third-order valence-corrected chi connectivity index (χ3v) is 4.68. The lowest BCUT2D eigenvalue weighted by Crippen LogP contribution is -2.42. The number of nitrogens with two attached hydrogens (primary N) is 1. The van der Waals surface area contributed by atoms with Gasteiger partial charge in [-0.05, 0) is 31.9 Å². The third-order valence-electron chi connectivity index (χ3n) is 4.68. The van der Waals surface area contributed by atoms with Gasteiger partial charge in [0.1, 0.15) is 5.82 Å². The summed E-state index contributed by atoms with van der Waals surface area (Å²) in [6.45, 7) is 6.34.